The van der Waals surface area contributed by atoms with Crippen molar-refractivity contribution in [2.24, 2.45) is 7.05 Å². The number of fused-ring (bicyclic) bond motifs is 1. The maximum absolute atomic E-state index is 13.3. The van der Waals surface area contributed by atoms with E-state index in [1.54, 1.807) is 12.1 Å². The number of morpholine rings is 1. The lowest BCUT2D eigenvalue weighted by molar-refractivity contribution is 0.0375. The van der Waals surface area contributed by atoms with Crippen molar-refractivity contribution in [3.05, 3.63) is 35.8 Å². The smallest absolute Gasteiger partial charge is 0.125 e. The summed E-state index contributed by atoms with van der Waals surface area (Å²) in [4.78, 5) is 2.45. The number of hydrogen-bond donors (Lipinski definition) is 0. The average molecular weight is 276 g/mol. The Kier molecular flexibility index (Phi) is 4.03. The van der Waals surface area contributed by atoms with Crippen LogP contribution in [0.15, 0.2) is 24.4 Å². The minimum Gasteiger partial charge on any atom is -0.379 e. The fourth-order valence-corrected chi connectivity index (χ4v) is 2.96. The maximum atomic E-state index is 13.3. The average Bonchev–Trinajstić information content (AvgIpc) is 2.76. The van der Waals surface area contributed by atoms with E-state index in [4.69, 9.17) is 4.74 Å². The molecule has 0 amide bonds. The quantitative estimate of drug-likeness (QED) is 0.854. The molecule has 0 saturated carbocycles. The zero-order valence-electron chi connectivity index (χ0n) is 11.9. The van der Waals surface area contributed by atoms with E-state index in [-0.39, 0.29) is 5.82 Å². The van der Waals surface area contributed by atoms with Crippen molar-refractivity contribution in [3.63, 3.8) is 0 Å². The highest BCUT2D eigenvalue weighted by Crippen LogP contribution is 2.22. The number of hydrogen-bond acceptors (Lipinski definition) is 2. The largest absolute Gasteiger partial charge is 0.379 e. The van der Waals surface area contributed by atoms with Crippen LogP contribution in [0.4, 0.5) is 4.39 Å². The molecular formula is C16H21FN2O. The summed E-state index contributed by atoms with van der Waals surface area (Å²) in [5, 5.41) is 1.18. The monoisotopic (exact) mass is 276 g/mol. The van der Waals surface area contributed by atoms with Gasteiger partial charge in [-0.25, -0.2) is 4.39 Å². The van der Waals surface area contributed by atoms with Crippen LogP contribution in [0.5, 0.6) is 0 Å². The summed E-state index contributed by atoms with van der Waals surface area (Å²) in [5.41, 5.74) is 2.29. The van der Waals surface area contributed by atoms with E-state index in [2.05, 4.69) is 11.1 Å². The highest BCUT2D eigenvalue weighted by Gasteiger charge is 2.11. The lowest BCUT2D eigenvalue weighted by Gasteiger charge is -2.26. The van der Waals surface area contributed by atoms with Crippen molar-refractivity contribution in [1.29, 1.82) is 0 Å². The van der Waals surface area contributed by atoms with Gasteiger partial charge in [0.15, 0.2) is 0 Å². The van der Waals surface area contributed by atoms with E-state index in [1.807, 2.05) is 17.7 Å². The molecule has 0 radical (unpaired) electrons. The molecule has 1 aromatic carbocycles. The first-order valence-corrected chi connectivity index (χ1v) is 7.27. The van der Waals surface area contributed by atoms with Crippen LogP contribution in [-0.2, 0) is 18.2 Å². The van der Waals surface area contributed by atoms with Gasteiger partial charge in [-0.2, -0.15) is 0 Å². The molecule has 3 nitrogen and oxygen atoms in total. The van der Waals surface area contributed by atoms with Crippen LogP contribution in [0.25, 0.3) is 10.9 Å². The summed E-state index contributed by atoms with van der Waals surface area (Å²) in [6.07, 6.45) is 4.31. The molecule has 2 heterocycles. The summed E-state index contributed by atoms with van der Waals surface area (Å²) in [6.45, 7) is 4.91. The van der Waals surface area contributed by atoms with E-state index in [1.165, 1.54) is 10.9 Å². The second kappa shape index (κ2) is 5.94. The van der Waals surface area contributed by atoms with E-state index >= 15 is 0 Å². The first-order valence-electron chi connectivity index (χ1n) is 7.27. The first-order chi connectivity index (χ1) is 9.74. The Balaban J connectivity index is 1.65. The second-order valence-electron chi connectivity index (χ2n) is 5.48. The molecule has 20 heavy (non-hydrogen) atoms. The van der Waals surface area contributed by atoms with Gasteiger partial charge < -0.3 is 9.30 Å². The third-order valence-electron chi connectivity index (χ3n) is 4.06. The van der Waals surface area contributed by atoms with Crippen molar-refractivity contribution >= 4 is 10.9 Å². The van der Waals surface area contributed by atoms with Gasteiger partial charge in [-0.3, -0.25) is 4.90 Å². The summed E-state index contributed by atoms with van der Waals surface area (Å²) in [6, 6.07) is 5.06. The summed E-state index contributed by atoms with van der Waals surface area (Å²) >= 11 is 0. The van der Waals surface area contributed by atoms with Crippen molar-refractivity contribution in [3.8, 4) is 0 Å². The standard InChI is InChI=1S/C16H21FN2O/c1-18-12-13(15-5-4-14(17)11-16(15)18)3-2-6-19-7-9-20-10-8-19/h4-5,11-12H,2-3,6-10H2,1H3. The molecule has 0 spiro atoms. The third-order valence-corrected chi connectivity index (χ3v) is 4.06. The molecule has 2 aromatic rings. The molecular weight excluding hydrogens is 255 g/mol. The van der Waals surface area contributed by atoms with Gasteiger partial charge in [0.2, 0.25) is 0 Å². The van der Waals surface area contributed by atoms with Gasteiger partial charge >= 0.3 is 0 Å². The Morgan fingerprint density at radius 3 is 2.85 bits per heavy atom. The van der Waals surface area contributed by atoms with Crippen molar-refractivity contribution < 1.29 is 9.13 Å². The Morgan fingerprint density at radius 2 is 2.05 bits per heavy atom. The number of benzene rings is 1. The normalized spacial score (nSPS) is 16.9. The zero-order valence-corrected chi connectivity index (χ0v) is 11.9. The molecule has 1 aliphatic rings. The summed E-state index contributed by atoms with van der Waals surface area (Å²) in [5.74, 6) is -0.168. The van der Waals surface area contributed by atoms with E-state index in [0.717, 1.165) is 51.2 Å². The Labute approximate surface area is 118 Å². The molecule has 0 unspecified atom stereocenters. The number of halogens is 1. The van der Waals surface area contributed by atoms with Crippen molar-refractivity contribution in [2.45, 2.75) is 12.8 Å². The number of ether oxygens (including phenoxy) is 1. The molecule has 1 aliphatic heterocycles. The molecule has 0 atom stereocenters. The van der Waals surface area contributed by atoms with E-state index in [9.17, 15) is 4.39 Å². The van der Waals surface area contributed by atoms with E-state index in [0.29, 0.717) is 0 Å². The highest BCUT2D eigenvalue weighted by atomic mass is 19.1. The molecule has 0 aliphatic carbocycles. The predicted molar refractivity (Wildman–Crippen MR) is 78.5 cm³/mol. The number of aryl methyl sites for hydroxylation is 2. The molecule has 108 valence electrons. The predicted octanol–water partition coefficient (Wildman–Crippen LogP) is 2.58. The number of rotatable bonds is 4. The van der Waals surface area contributed by atoms with Crippen molar-refractivity contribution in [2.75, 3.05) is 32.8 Å². The van der Waals surface area contributed by atoms with Gasteiger partial charge in [-0.15, -0.1) is 0 Å². The van der Waals surface area contributed by atoms with E-state index < -0.39 is 0 Å². The molecule has 3 rings (SSSR count). The fraction of sp³-hybridized carbons (Fsp3) is 0.500. The van der Waals surface area contributed by atoms with Gasteiger partial charge in [0.1, 0.15) is 5.82 Å². The van der Waals surface area contributed by atoms with Gasteiger partial charge in [0, 0.05) is 31.7 Å². The lowest BCUT2D eigenvalue weighted by atomic mass is 10.1. The number of nitrogens with zero attached hydrogens (tertiary/aromatic N) is 2. The Hall–Kier alpha value is -1.39. The zero-order chi connectivity index (χ0) is 13.9. The van der Waals surface area contributed by atoms with Crippen LogP contribution in [-0.4, -0.2) is 42.3 Å². The minimum atomic E-state index is -0.168. The maximum Gasteiger partial charge on any atom is 0.125 e. The lowest BCUT2D eigenvalue weighted by Crippen LogP contribution is -2.36. The van der Waals surface area contributed by atoms with Crippen LogP contribution in [0, 0.1) is 5.82 Å². The minimum absolute atomic E-state index is 0.168. The van der Waals surface area contributed by atoms with Crippen molar-refractivity contribution in [1.82, 2.24) is 9.47 Å². The second-order valence-corrected chi connectivity index (χ2v) is 5.48. The van der Waals surface area contributed by atoms with Gasteiger partial charge in [-0.1, -0.05) is 0 Å². The molecule has 1 aromatic heterocycles. The van der Waals surface area contributed by atoms with Crippen LogP contribution in [0.1, 0.15) is 12.0 Å². The molecule has 1 saturated heterocycles. The van der Waals surface area contributed by atoms with Crippen LogP contribution >= 0.6 is 0 Å². The Bertz CT molecular complexity index is 587. The summed E-state index contributed by atoms with van der Waals surface area (Å²) < 4.78 is 20.7. The van der Waals surface area contributed by atoms with Gasteiger partial charge in [0.05, 0.1) is 18.7 Å². The van der Waals surface area contributed by atoms with Crippen LogP contribution in [0.2, 0.25) is 0 Å². The topological polar surface area (TPSA) is 17.4 Å². The summed E-state index contributed by atoms with van der Waals surface area (Å²) in [7, 11) is 1.98. The fourth-order valence-electron chi connectivity index (χ4n) is 2.96. The first kappa shape index (κ1) is 13.6. The molecule has 1 fully saturated rings. The molecule has 4 heteroatoms. The van der Waals surface area contributed by atoms with Gasteiger partial charge in [-0.05, 0) is 43.1 Å². The molecule has 0 N–H and O–H groups in total. The number of aromatic nitrogens is 1. The SMILES string of the molecule is Cn1cc(CCCN2CCOCC2)c2ccc(F)cc21. The van der Waals surface area contributed by atoms with Crippen LogP contribution in [0.3, 0.4) is 0 Å². The van der Waals surface area contributed by atoms with Crippen LogP contribution < -0.4 is 0 Å². The van der Waals surface area contributed by atoms with Gasteiger partial charge in [0.25, 0.3) is 0 Å². The Morgan fingerprint density at radius 1 is 1.25 bits per heavy atom. The highest BCUT2D eigenvalue weighted by molar-refractivity contribution is 5.84. The third kappa shape index (κ3) is 2.86. The molecule has 0 bridgehead atoms.